The summed E-state index contributed by atoms with van der Waals surface area (Å²) in [4.78, 5) is 0.0478. The number of sulfonamides is 1. The van der Waals surface area contributed by atoms with Crippen molar-refractivity contribution in [3.8, 4) is 0 Å². The van der Waals surface area contributed by atoms with Crippen molar-refractivity contribution in [2.75, 3.05) is 31.6 Å². The van der Waals surface area contributed by atoms with E-state index in [4.69, 9.17) is 22.1 Å². The van der Waals surface area contributed by atoms with Crippen molar-refractivity contribution in [3.63, 3.8) is 0 Å². The molecule has 0 spiro atoms. The quantitative estimate of drug-likeness (QED) is 0.578. The maximum absolute atomic E-state index is 11.3. The molecule has 1 aromatic carbocycles. The topological polar surface area (TPSA) is 84.7 Å². The number of hydrogen-bond donors (Lipinski definition) is 2. The van der Waals surface area contributed by atoms with Gasteiger partial charge in [0.2, 0.25) is 10.0 Å². The van der Waals surface area contributed by atoms with Gasteiger partial charge in [-0.15, -0.1) is 0 Å². The molecule has 3 N–H and O–H groups in total. The number of rotatable bonds is 3. The van der Waals surface area contributed by atoms with Gasteiger partial charge >= 0.3 is 0 Å². The Morgan fingerprint density at radius 1 is 1.43 bits per heavy atom. The van der Waals surface area contributed by atoms with E-state index in [1.807, 2.05) is 0 Å². The number of hydrogen-bond acceptors (Lipinski definition) is 6. The van der Waals surface area contributed by atoms with Crippen molar-refractivity contribution >= 4 is 60.1 Å². The Balaban J connectivity index is 2.00. The standard InChI is InChI=1S/C11H14BrN3O3S3/c12-9-7-8(21(13,16)17)1-2-10(9)14-11(19)20-15-3-5-18-6-4-15/h1-2,7H,3-6H2,(H,14,19)(H2,13,16,17). The first-order valence-corrected chi connectivity index (χ1v) is 9.52. The number of nitrogens with zero attached hydrogens (tertiary/aromatic N) is 1. The largest absolute Gasteiger partial charge is 0.379 e. The third-order valence-corrected chi connectivity index (χ3v) is 5.47. The Morgan fingerprint density at radius 3 is 2.67 bits per heavy atom. The number of thiocarbonyl (C=S) groups is 1. The van der Waals surface area contributed by atoms with Crippen LogP contribution >= 0.6 is 40.1 Å². The maximum Gasteiger partial charge on any atom is 0.238 e. The van der Waals surface area contributed by atoms with Crippen molar-refractivity contribution in [1.29, 1.82) is 0 Å². The summed E-state index contributed by atoms with van der Waals surface area (Å²) in [5.74, 6) is 0. The average Bonchev–Trinajstić information content (AvgIpc) is 2.41. The van der Waals surface area contributed by atoms with Gasteiger partial charge < -0.3 is 10.1 Å². The average molecular weight is 412 g/mol. The fraction of sp³-hybridized carbons (Fsp3) is 0.364. The van der Waals surface area contributed by atoms with Crippen LogP contribution in [0.5, 0.6) is 0 Å². The van der Waals surface area contributed by atoms with Crippen LogP contribution in [0.3, 0.4) is 0 Å². The number of primary sulfonamides is 1. The summed E-state index contributed by atoms with van der Waals surface area (Å²) in [5, 5.41) is 8.15. The van der Waals surface area contributed by atoms with Gasteiger partial charge in [0.25, 0.3) is 0 Å². The monoisotopic (exact) mass is 411 g/mol. The van der Waals surface area contributed by atoms with Crippen molar-refractivity contribution in [1.82, 2.24) is 4.31 Å². The third kappa shape index (κ3) is 5.16. The van der Waals surface area contributed by atoms with Gasteiger partial charge in [0.1, 0.15) is 0 Å². The molecule has 0 bridgehead atoms. The first-order valence-electron chi connectivity index (χ1n) is 6.00. The Morgan fingerprint density at radius 2 is 2.10 bits per heavy atom. The van der Waals surface area contributed by atoms with E-state index in [0.717, 1.165) is 13.1 Å². The fourth-order valence-corrected chi connectivity index (χ4v) is 3.98. The van der Waals surface area contributed by atoms with Gasteiger partial charge in [0.05, 0.1) is 23.8 Å². The minimum Gasteiger partial charge on any atom is -0.379 e. The van der Waals surface area contributed by atoms with Gasteiger partial charge in [-0.25, -0.2) is 17.9 Å². The molecule has 2 rings (SSSR count). The van der Waals surface area contributed by atoms with E-state index in [-0.39, 0.29) is 4.90 Å². The second kappa shape index (κ2) is 7.36. The van der Waals surface area contributed by atoms with Crippen LogP contribution < -0.4 is 10.5 Å². The highest BCUT2D eigenvalue weighted by Crippen LogP contribution is 2.27. The van der Waals surface area contributed by atoms with E-state index >= 15 is 0 Å². The van der Waals surface area contributed by atoms with Gasteiger partial charge in [-0.05, 0) is 46.1 Å². The SMILES string of the molecule is NS(=O)(=O)c1ccc(NC(=S)SN2CCOCC2)c(Br)c1. The molecule has 0 atom stereocenters. The smallest absolute Gasteiger partial charge is 0.238 e. The summed E-state index contributed by atoms with van der Waals surface area (Å²) in [7, 11) is -3.71. The van der Waals surface area contributed by atoms with Crippen LogP contribution in [0.25, 0.3) is 0 Å². The van der Waals surface area contributed by atoms with Crippen LogP contribution in [0.4, 0.5) is 5.69 Å². The summed E-state index contributed by atoms with van der Waals surface area (Å²) in [6.07, 6.45) is 0. The lowest BCUT2D eigenvalue weighted by Gasteiger charge is -2.25. The highest BCUT2D eigenvalue weighted by Gasteiger charge is 2.15. The Bertz CT molecular complexity index is 633. The molecule has 116 valence electrons. The summed E-state index contributed by atoms with van der Waals surface area (Å²) in [6, 6.07) is 4.50. The molecule has 21 heavy (non-hydrogen) atoms. The zero-order valence-electron chi connectivity index (χ0n) is 10.9. The first-order chi connectivity index (χ1) is 9.86. The third-order valence-electron chi connectivity index (χ3n) is 2.69. The molecular weight excluding hydrogens is 398 g/mol. The molecule has 1 aliphatic rings. The molecular formula is C11H14BrN3O3S3. The molecule has 1 aromatic rings. The lowest BCUT2D eigenvalue weighted by atomic mass is 10.3. The number of ether oxygens (including phenoxy) is 1. The van der Waals surface area contributed by atoms with Gasteiger partial charge in [0, 0.05) is 17.6 Å². The second-order valence-corrected chi connectivity index (χ2v) is 8.42. The zero-order valence-corrected chi connectivity index (χ0v) is 14.9. The number of anilines is 1. The van der Waals surface area contributed by atoms with Gasteiger partial charge in [-0.3, -0.25) is 0 Å². The van der Waals surface area contributed by atoms with Crippen LogP contribution in [0, 0.1) is 0 Å². The minimum absolute atomic E-state index is 0.0478. The Kier molecular flexibility index (Phi) is 6.00. The lowest BCUT2D eigenvalue weighted by Crippen LogP contribution is -2.32. The van der Waals surface area contributed by atoms with Crippen LogP contribution in [-0.2, 0) is 14.8 Å². The van der Waals surface area contributed by atoms with E-state index in [1.54, 1.807) is 6.07 Å². The molecule has 1 fully saturated rings. The van der Waals surface area contributed by atoms with Crippen LogP contribution in [-0.4, -0.2) is 43.3 Å². The first kappa shape index (κ1) is 17.1. The number of halogens is 1. The van der Waals surface area contributed by atoms with E-state index in [2.05, 4.69) is 25.6 Å². The van der Waals surface area contributed by atoms with Crippen molar-refractivity contribution in [2.45, 2.75) is 4.90 Å². The molecule has 0 aromatic heterocycles. The van der Waals surface area contributed by atoms with Gasteiger partial charge in [-0.2, -0.15) is 0 Å². The van der Waals surface area contributed by atoms with E-state index in [1.165, 1.54) is 24.1 Å². The lowest BCUT2D eigenvalue weighted by molar-refractivity contribution is 0.0778. The molecule has 6 nitrogen and oxygen atoms in total. The van der Waals surface area contributed by atoms with E-state index in [9.17, 15) is 8.42 Å². The number of nitrogens with one attached hydrogen (secondary N) is 1. The molecule has 0 aliphatic carbocycles. The van der Waals surface area contributed by atoms with E-state index < -0.39 is 10.0 Å². The minimum atomic E-state index is -3.71. The Labute approximate surface area is 141 Å². The van der Waals surface area contributed by atoms with Gasteiger partial charge in [0.15, 0.2) is 4.32 Å². The highest BCUT2D eigenvalue weighted by atomic mass is 79.9. The summed E-state index contributed by atoms with van der Waals surface area (Å²) in [6.45, 7) is 3.03. The van der Waals surface area contributed by atoms with Crippen molar-refractivity contribution in [2.24, 2.45) is 5.14 Å². The number of benzene rings is 1. The molecule has 0 saturated carbocycles. The molecule has 1 saturated heterocycles. The summed E-state index contributed by atoms with van der Waals surface area (Å²) < 4.78 is 31.1. The number of morpholine rings is 1. The molecule has 1 heterocycles. The van der Waals surface area contributed by atoms with Gasteiger partial charge in [-0.1, -0.05) is 12.2 Å². The molecule has 10 heteroatoms. The number of nitrogens with two attached hydrogens (primary N) is 1. The Hall–Kier alpha value is -0.230. The van der Waals surface area contributed by atoms with Crippen LogP contribution in [0.2, 0.25) is 0 Å². The molecule has 0 unspecified atom stereocenters. The fourth-order valence-electron chi connectivity index (χ4n) is 1.66. The zero-order chi connectivity index (χ0) is 15.5. The van der Waals surface area contributed by atoms with Crippen molar-refractivity contribution in [3.05, 3.63) is 22.7 Å². The predicted molar refractivity (Wildman–Crippen MR) is 91.7 cm³/mol. The van der Waals surface area contributed by atoms with E-state index in [0.29, 0.717) is 27.7 Å². The molecule has 0 radical (unpaired) electrons. The van der Waals surface area contributed by atoms with Crippen molar-refractivity contribution < 1.29 is 13.2 Å². The predicted octanol–water partition coefficient (Wildman–Crippen LogP) is 1.77. The maximum atomic E-state index is 11.3. The second-order valence-electron chi connectivity index (χ2n) is 4.23. The van der Waals surface area contributed by atoms with Crippen LogP contribution in [0.1, 0.15) is 0 Å². The molecule has 1 aliphatic heterocycles. The summed E-state index contributed by atoms with van der Waals surface area (Å²) >= 11 is 10.0. The van der Waals surface area contributed by atoms with Crippen LogP contribution in [0.15, 0.2) is 27.6 Å². The highest BCUT2D eigenvalue weighted by molar-refractivity contribution is 9.10. The summed E-state index contributed by atoms with van der Waals surface area (Å²) in [5.41, 5.74) is 0.688. The molecule has 0 amide bonds. The normalized spacial score (nSPS) is 16.7.